The van der Waals surface area contributed by atoms with Gasteiger partial charge in [0.25, 0.3) is 5.91 Å². The molecule has 3 rings (SSSR count). The van der Waals surface area contributed by atoms with Crippen molar-refractivity contribution in [1.82, 2.24) is 15.5 Å². The molecule has 0 atom stereocenters. The number of rotatable bonds is 6. The van der Waals surface area contributed by atoms with E-state index in [4.69, 9.17) is 4.42 Å². The number of anilines is 1. The third-order valence-corrected chi connectivity index (χ3v) is 4.29. The third kappa shape index (κ3) is 4.09. The van der Waals surface area contributed by atoms with Gasteiger partial charge in [-0.25, -0.2) is 0 Å². The molecule has 1 fully saturated rings. The zero-order valence-corrected chi connectivity index (χ0v) is 13.3. The van der Waals surface area contributed by atoms with Gasteiger partial charge in [0.2, 0.25) is 5.89 Å². The van der Waals surface area contributed by atoms with Gasteiger partial charge in [-0.2, -0.15) is 0 Å². The number of nitrogens with zero attached hydrogens (tertiary/aromatic N) is 2. The van der Waals surface area contributed by atoms with E-state index in [-0.39, 0.29) is 5.91 Å². The van der Waals surface area contributed by atoms with Gasteiger partial charge < -0.3 is 15.1 Å². The molecule has 1 aromatic carbocycles. The van der Waals surface area contributed by atoms with Gasteiger partial charge in [0.15, 0.2) is 0 Å². The van der Waals surface area contributed by atoms with Crippen LogP contribution in [0.4, 0.5) is 6.01 Å². The molecule has 2 N–H and O–H groups in total. The van der Waals surface area contributed by atoms with Crippen LogP contribution >= 0.6 is 0 Å². The van der Waals surface area contributed by atoms with Crippen molar-refractivity contribution in [2.45, 2.75) is 38.6 Å². The van der Waals surface area contributed by atoms with Gasteiger partial charge >= 0.3 is 6.01 Å². The van der Waals surface area contributed by atoms with Gasteiger partial charge in [-0.1, -0.05) is 30.1 Å². The summed E-state index contributed by atoms with van der Waals surface area (Å²) in [6, 6.07) is 7.87. The minimum atomic E-state index is -0.0852. The minimum Gasteiger partial charge on any atom is -0.408 e. The van der Waals surface area contributed by atoms with Crippen LogP contribution in [0.5, 0.6) is 0 Å². The molecule has 1 saturated carbocycles. The number of amides is 1. The summed E-state index contributed by atoms with van der Waals surface area (Å²) in [5.74, 6) is 1.33. The Labute approximate surface area is 135 Å². The molecule has 6 heteroatoms. The number of hydrogen-bond donors (Lipinski definition) is 2. The summed E-state index contributed by atoms with van der Waals surface area (Å²) in [4.78, 5) is 11.5. The van der Waals surface area contributed by atoms with Crippen molar-refractivity contribution < 1.29 is 9.21 Å². The fourth-order valence-electron chi connectivity index (χ4n) is 2.96. The normalized spacial score (nSPS) is 14.8. The van der Waals surface area contributed by atoms with E-state index in [1.54, 1.807) is 19.2 Å². The summed E-state index contributed by atoms with van der Waals surface area (Å²) in [7, 11) is 1.62. The maximum absolute atomic E-state index is 11.5. The number of carbonyl (C=O) groups is 1. The zero-order valence-electron chi connectivity index (χ0n) is 13.3. The molecule has 2 aromatic rings. The number of aromatic nitrogens is 2. The van der Waals surface area contributed by atoms with Crippen LogP contribution < -0.4 is 10.6 Å². The molecule has 1 aliphatic rings. The van der Waals surface area contributed by atoms with Gasteiger partial charge in [-0.15, -0.1) is 5.10 Å². The molecule has 122 valence electrons. The summed E-state index contributed by atoms with van der Waals surface area (Å²) >= 11 is 0. The molecule has 1 amide bonds. The maximum Gasteiger partial charge on any atom is 0.315 e. The lowest BCUT2D eigenvalue weighted by Crippen LogP contribution is -2.17. The van der Waals surface area contributed by atoms with Crippen LogP contribution in [-0.4, -0.2) is 23.2 Å². The Morgan fingerprint density at radius 1 is 1.22 bits per heavy atom. The smallest absolute Gasteiger partial charge is 0.315 e. The maximum atomic E-state index is 11.5. The average Bonchev–Trinajstić information content (AvgIpc) is 3.25. The first-order chi connectivity index (χ1) is 11.2. The molecule has 0 radical (unpaired) electrons. The van der Waals surface area contributed by atoms with Gasteiger partial charge in [-0.05, 0) is 36.5 Å². The summed E-state index contributed by atoms with van der Waals surface area (Å²) in [5, 5.41) is 13.9. The van der Waals surface area contributed by atoms with E-state index in [0.29, 0.717) is 24.0 Å². The van der Waals surface area contributed by atoms with Gasteiger partial charge in [0.05, 0.1) is 0 Å². The third-order valence-electron chi connectivity index (χ3n) is 4.29. The largest absolute Gasteiger partial charge is 0.408 e. The summed E-state index contributed by atoms with van der Waals surface area (Å²) < 4.78 is 5.65. The van der Waals surface area contributed by atoms with Crippen molar-refractivity contribution in [2.75, 3.05) is 12.4 Å². The highest BCUT2D eigenvalue weighted by Crippen LogP contribution is 2.27. The first kappa shape index (κ1) is 15.5. The monoisotopic (exact) mass is 314 g/mol. The van der Waals surface area contributed by atoms with Crippen molar-refractivity contribution in [3.63, 3.8) is 0 Å². The molecule has 0 spiro atoms. The second-order valence-electron chi connectivity index (χ2n) is 5.99. The van der Waals surface area contributed by atoms with Crippen LogP contribution in [0.1, 0.15) is 47.5 Å². The Morgan fingerprint density at radius 3 is 2.65 bits per heavy atom. The lowest BCUT2D eigenvalue weighted by Gasteiger charge is -2.04. The van der Waals surface area contributed by atoms with E-state index in [9.17, 15) is 4.79 Å². The van der Waals surface area contributed by atoms with Gasteiger partial charge in [0, 0.05) is 25.6 Å². The van der Waals surface area contributed by atoms with Gasteiger partial charge in [-0.3, -0.25) is 4.79 Å². The molecule has 23 heavy (non-hydrogen) atoms. The molecular weight excluding hydrogens is 292 g/mol. The van der Waals surface area contributed by atoms with Crippen molar-refractivity contribution in [3.05, 3.63) is 41.3 Å². The Bertz CT molecular complexity index is 645. The Kier molecular flexibility index (Phi) is 4.90. The summed E-state index contributed by atoms with van der Waals surface area (Å²) in [6.45, 7) is 0.582. The van der Waals surface area contributed by atoms with Gasteiger partial charge in [0.1, 0.15) is 0 Å². The highest BCUT2D eigenvalue weighted by atomic mass is 16.4. The van der Waals surface area contributed by atoms with E-state index < -0.39 is 0 Å². The van der Waals surface area contributed by atoms with E-state index in [1.807, 2.05) is 12.1 Å². The second-order valence-corrected chi connectivity index (χ2v) is 5.99. The van der Waals surface area contributed by atoms with Crippen molar-refractivity contribution in [1.29, 1.82) is 0 Å². The number of hydrogen-bond acceptors (Lipinski definition) is 5. The Morgan fingerprint density at radius 2 is 1.96 bits per heavy atom. The molecule has 1 heterocycles. The first-order valence-corrected chi connectivity index (χ1v) is 8.12. The van der Waals surface area contributed by atoms with Crippen LogP contribution in [0.3, 0.4) is 0 Å². The predicted molar refractivity (Wildman–Crippen MR) is 87.1 cm³/mol. The highest BCUT2D eigenvalue weighted by Gasteiger charge is 2.18. The van der Waals surface area contributed by atoms with Crippen molar-refractivity contribution in [2.24, 2.45) is 5.92 Å². The summed E-state index contributed by atoms with van der Waals surface area (Å²) in [5.41, 5.74) is 1.70. The van der Waals surface area contributed by atoms with E-state index in [0.717, 1.165) is 17.9 Å². The lowest BCUT2D eigenvalue weighted by atomic mass is 10.0. The quantitative estimate of drug-likeness (QED) is 0.857. The van der Waals surface area contributed by atoms with Crippen LogP contribution in [0.25, 0.3) is 0 Å². The van der Waals surface area contributed by atoms with Crippen molar-refractivity contribution in [3.8, 4) is 0 Å². The molecule has 1 aromatic heterocycles. The molecule has 1 aliphatic carbocycles. The Balaban J connectivity index is 1.51. The lowest BCUT2D eigenvalue weighted by molar-refractivity contribution is 0.0963. The highest BCUT2D eigenvalue weighted by molar-refractivity contribution is 5.93. The van der Waals surface area contributed by atoms with Crippen molar-refractivity contribution >= 4 is 11.9 Å². The van der Waals surface area contributed by atoms with E-state index in [2.05, 4.69) is 20.8 Å². The number of carbonyl (C=O) groups excluding carboxylic acids is 1. The topological polar surface area (TPSA) is 80.0 Å². The first-order valence-electron chi connectivity index (χ1n) is 8.12. The standard InChI is InChI=1S/C17H22N4O2/c1-18-16(22)14-8-6-13(7-9-14)11-19-17-21-20-15(23-17)10-12-4-2-3-5-12/h6-9,12H,2-5,10-11H2,1H3,(H,18,22)(H,19,21). The van der Waals surface area contributed by atoms with Crippen LogP contribution in [0, 0.1) is 5.92 Å². The van der Waals surface area contributed by atoms with E-state index >= 15 is 0 Å². The van der Waals surface area contributed by atoms with Crippen LogP contribution in [0.2, 0.25) is 0 Å². The molecular formula is C17H22N4O2. The number of benzene rings is 1. The second kappa shape index (κ2) is 7.26. The fourth-order valence-corrected chi connectivity index (χ4v) is 2.96. The zero-order chi connectivity index (χ0) is 16.1. The molecule has 6 nitrogen and oxygen atoms in total. The number of nitrogens with one attached hydrogen (secondary N) is 2. The fraction of sp³-hybridized carbons (Fsp3) is 0.471. The average molecular weight is 314 g/mol. The molecule has 0 saturated heterocycles. The van der Waals surface area contributed by atoms with Crippen LogP contribution in [0.15, 0.2) is 28.7 Å². The molecule has 0 aliphatic heterocycles. The molecule has 0 unspecified atom stereocenters. The van der Waals surface area contributed by atoms with E-state index in [1.165, 1.54) is 25.7 Å². The predicted octanol–water partition coefficient (Wildman–Crippen LogP) is 2.77. The molecule has 0 bridgehead atoms. The minimum absolute atomic E-state index is 0.0852. The van der Waals surface area contributed by atoms with Crippen LogP contribution in [-0.2, 0) is 13.0 Å². The summed E-state index contributed by atoms with van der Waals surface area (Å²) in [6.07, 6.45) is 6.05. The Hall–Kier alpha value is -2.37. The SMILES string of the molecule is CNC(=O)c1ccc(CNc2nnc(CC3CCCC3)o2)cc1.